The van der Waals surface area contributed by atoms with Crippen molar-refractivity contribution < 1.29 is 31.8 Å². The molecule has 170 valence electrons. The van der Waals surface area contributed by atoms with Crippen LogP contribution < -0.4 is 5.43 Å². The first-order chi connectivity index (χ1) is 15.1. The summed E-state index contributed by atoms with van der Waals surface area (Å²) in [5, 5.41) is 25.5. The summed E-state index contributed by atoms with van der Waals surface area (Å²) < 4.78 is 67.6. The molecule has 0 radical (unpaired) electrons. The molecule has 0 aliphatic heterocycles. The van der Waals surface area contributed by atoms with Gasteiger partial charge in [0.2, 0.25) is 5.82 Å². The van der Waals surface area contributed by atoms with Crippen LogP contribution in [0.1, 0.15) is 25.7 Å². The molecule has 0 aromatic heterocycles. The first-order valence-electron chi connectivity index (χ1n) is 9.02. The van der Waals surface area contributed by atoms with Crippen molar-refractivity contribution in [3.05, 3.63) is 67.5 Å². The van der Waals surface area contributed by atoms with Crippen LogP contribution in [0.3, 0.4) is 0 Å². The van der Waals surface area contributed by atoms with Gasteiger partial charge in [-0.2, -0.15) is 5.10 Å². The van der Waals surface area contributed by atoms with Crippen LogP contribution in [0, 0.1) is 49.3 Å². The van der Waals surface area contributed by atoms with Gasteiger partial charge in [0.25, 0.3) is 5.69 Å². The topological polar surface area (TPSA) is 111 Å². The summed E-state index contributed by atoms with van der Waals surface area (Å²) in [5.74, 6) is -9.97. The molecule has 8 nitrogen and oxygen atoms in total. The van der Waals surface area contributed by atoms with Crippen LogP contribution in [0.25, 0.3) is 0 Å². The fourth-order valence-electron chi connectivity index (χ4n) is 3.03. The lowest BCUT2D eigenvalue weighted by atomic mass is 9.98. The molecule has 1 aliphatic carbocycles. The van der Waals surface area contributed by atoms with Gasteiger partial charge in [-0.15, -0.1) is 11.8 Å². The number of nitro groups is 2. The second-order valence-corrected chi connectivity index (χ2v) is 8.03. The molecule has 1 N–H and O–H groups in total. The maximum Gasteiger partial charge on any atom is 0.301 e. The number of hydrogen-bond acceptors (Lipinski definition) is 7. The third-order valence-electron chi connectivity index (χ3n) is 4.69. The van der Waals surface area contributed by atoms with E-state index < -0.39 is 60.5 Å². The van der Waals surface area contributed by atoms with Crippen molar-refractivity contribution in [2.24, 2.45) is 5.10 Å². The van der Waals surface area contributed by atoms with E-state index in [4.69, 9.17) is 0 Å². The second kappa shape index (κ2) is 9.46. The van der Waals surface area contributed by atoms with Crippen molar-refractivity contribution in [2.45, 2.75) is 35.8 Å². The second-order valence-electron chi connectivity index (χ2n) is 6.72. The number of thioether (sulfide) groups is 1. The van der Waals surface area contributed by atoms with E-state index in [1.807, 2.05) is 0 Å². The number of rotatable bonds is 6. The molecule has 0 heterocycles. The van der Waals surface area contributed by atoms with E-state index in [9.17, 15) is 42.2 Å². The monoisotopic (exact) mass is 476 g/mol. The number of anilines is 1. The molecule has 32 heavy (non-hydrogen) atoms. The van der Waals surface area contributed by atoms with Crippen molar-refractivity contribution in [1.29, 1.82) is 0 Å². The molecule has 14 heteroatoms. The quantitative estimate of drug-likeness (QED) is 0.188. The van der Waals surface area contributed by atoms with Gasteiger partial charge in [-0.05, 0) is 31.7 Å². The van der Waals surface area contributed by atoms with E-state index in [-0.39, 0.29) is 5.69 Å². The summed E-state index contributed by atoms with van der Waals surface area (Å²) in [7, 11) is 0. The Labute approximate surface area is 180 Å². The average molecular weight is 476 g/mol. The first-order valence-corrected chi connectivity index (χ1v) is 9.90. The summed E-state index contributed by atoms with van der Waals surface area (Å²) in [4.78, 5) is 19.4. The Hall–Kier alpha value is -3.29. The third-order valence-corrected chi connectivity index (χ3v) is 6.09. The average Bonchev–Trinajstić information content (AvgIpc) is 2.78. The molecule has 2 aromatic rings. The van der Waals surface area contributed by atoms with Gasteiger partial charge in [0.15, 0.2) is 23.3 Å². The molecule has 2 aromatic carbocycles. The molecule has 1 fully saturated rings. The van der Waals surface area contributed by atoms with Gasteiger partial charge >= 0.3 is 5.69 Å². The van der Waals surface area contributed by atoms with Crippen molar-refractivity contribution in [2.75, 3.05) is 5.43 Å². The van der Waals surface area contributed by atoms with Gasteiger partial charge < -0.3 is 0 Å². The fraction of sp³-hybridized carbons (Fsp3) is 0.278. The molecule has 0 saturated heterocycles. The van der Waals surface area contributed by atoms with E-state index in [0.717, 1.165) is 18.2 Å². The highest BCUT2D eigenvalue weighted by Gasteiger charge is 2.29. The molecule has 1 saturated carbocycles. The smallest absolute Gasteiger partial charge is 0.272 e. The number of non-ortho nitro benzene ring substituents is 1. The molecule has 0 amide bonds. The molecule has 3 rings (SSSR count). The normalized spacial score (nSPS) is 16.0. The zero-order valence-electron chi connectivity index (χ0n) is 15.9. The fourth-order valence-corrected chi connectivity index (χ4v) is 4.22. The number of nitrogens with one attached hydrogen (secondary N) is 1. The Morgan fingerprint density at radius 3 is 2.00 bits per heavy atom. The van der Waals surface area contributed by atoms with Crippen LogP contribution in [0.4, 0.5) is 39.0 Å². The van der Waals surface area contributed by atoms with E-state index in [1.54, 1.807) is 0 Å². The first kappa shape index (κ1) is 23.4. The standard InChI is InChI=1S/C18H13F5N4O4S/c19-13-14(20)16(22)18(17(23)15(13)21)32-10-4-1-8(2-5-10)24-25-11-6-3-9(26(28)29)7-12(11)27(30)31/h3,6-7,10,25H,1-2,4-5H2. The number of hydrogen-bond donors (Lipinski definition) is 1. The Morgan fingerprint density at radius 1 is 0.906 bits per heavy atom. The molecular weight excluding hydrogens is 463 g/mol. The van der Waals surface area contributed by atoms with E-state index in [2.05, 4.69) is 10.5 Å². The maximum atomic E-state index is 13.9. The molecule has 0 atom stereocenters. The number of nitro benzene ring substituents is 2. The number of halogens is 5. The van der Waals surface area contributed by atoms with Gasteiger partial charge in [0.05, 0.1) is 20.8 Å². The Morgan fingerprint density at radius 2 is 1.47 bits per heavy atom. The zero-order chi connectivity index (χ0) is 23.6. The van der Waals surface area contributed by atoms with Crippen LogP contribution >= 0.6 is 11.8 Å². The lowest BCUT2D eigenvalue weighted by molar-refractivity contribution is -0.393. The minimum atomic E-state index is -2.21. The molecule has 0 unspecified atom stereocenters. The van der Waals surface area contributed by atoms with E-state index >= 15 is 0 Å². The van der Waals surface area contributed by atoms with E-state index in [1.165, 1.54) is 0 Å². The predicted octanol–water partition coefficient (Wildman–Crippen LogP) is 5.70. The highest BCUT2D eigenvalue weighted by atomic mass is 32.2. The highest BCUT2D eigenvalue weighted by Crippen LogP contribution is 2.38. The third kappa shape index (κ3) is 4.79. The Kier molecular flexibility index (Phi) is 6.91. The molecule has 0 bridgehead atoms. The van der Waals surface area contributed by atoms with Gasteiger partial charge in [-0.1, -0.05) is 0 Å². The van der Waals surface area contributed by atoms with Gasteiger partial charge in [-0.3, -0.25) is 25.7 Å². The van der Waals surface area contributed by atoms with Crippen molar-refractivity contribution in [3.63, 3.8) is 0 Å². The maximum absolute atomic E-state index is 13.9. The summed E-state index contributed by atoms with van der Waals surface area (Å²) in [5.41, 5.74) is 1.99. The highest BCUT2D eigenvalue weighted by molar-refractivity contribution is 8.00. The van der Waals surface area contributed by atoms with Gasteiger partial charge in [-0.25, -0.2) is 22.0 Å². The lowest BCUT2D eigenvalue weighted by Crippen LogP contribution is -2.18. The molecule has 1 aliphatic rings. The number of benzene rings is 2. The van der Waals surface area contributed by atoms with Crippen LogP contribution in [0.15, 0.2) is 28.2 Å². The number of hydrazone groups is 1. The summed E-state index contributed by atoms with van der Waals surface area (Å²) in [6.45, 7) is 0. The SMILES string of the molecule is O=[N+]([O-])c1ccc(NN=C2CCC(Sc3c(F)c(F)c(F)c(F)c3F)CC2)c([N+](=O)[O-])c1. The summed E-state index contributed by atoms with van der Waals surface area (Å²) in [6, 6.07) is 3.01. The lowest BCUT2D eigenvalue weighted by Gasteiger charge is -2.23. The van der Waals surface area contributed by atoms with Crippen molar-refractivity contribution >= 4 is 34.5 Å². The van der Waals surface area contributed by atoms with Crippen LogP contribution in [-0.2, 0) is 0 Å². The van der Waals surface area contributed by atoms with Crippen LogP contribution in [-0.4, -0.2) is 20.8 Å². The molecule has 0 spiro atoms. The Bertz CT molecular complexity index is 1090. The van der Waals surface area contributed by atoms with Crippen molar-refractivity contribution in [3.8, 4) is 0 Å². The van der Waals surface area contributed by atoms with Crippen LogP contribution in [0.5, 0.6) is 0 Å². The van der Waals surface area contributed by atoms with Gasteiger partial charge in [0.1, 0.15) is 5.69 Å². The largest absolute Gasteiger partial charge is 0.301 e. The summed E-state index contributed by atoms with van der Waals surface area (Å²) >= 11 is 0.557. The zero-order valence-corrected chi connectivity index (χ0v) is 16.7. The predicted molar refractivity (Wildman–Crippen MR) is 105 cm³/mol. The summed E-state index contributed by atoms with van der Waals surface area (Å²) in [6.07, 6.45) is 1.24. The van der Waals surface area contributed by atoms with Crippen molar-refractivity contribution in [1.82, 2.24) is 0 Å². The van der Waals surface area contributed by atoms with Gasteiger partial charge in [0, 0.05) is 17.0 Å². The molecular formula is C18H13F5N4O4S. The minimum Gasteiger partial charge on any atom is -0.272 e. The minimum absolute atomic E-state index is 0.0639. The Balaban J connectivity index is 1.67. The van der Waals surface area contributed by atoms with Crippen LogP contribution in [0.2, 0.25) is 0 Å². The number of nitrogens with zero attached hydrogens (tertiary/aromatic N) is 3. The van der Waals surface area contributed by atoms with E-state index in [0.29, 0.717) is 43.2 Å².